The molecule has 0 aromatic carbocycles. The second-order valence-electron chi connectivity index (χ2n) is 5.10. The van der Waals surface area contributed by atoms with Crippen LogP contribution in [-0.2, 0) is 4.74 Å². The van der Waals surface area contributed by atoms with E-state index in [1.165, 1.54) is 17.8 Å². The van der Waals surface area contributed by atoms with Crippen molar-refractivity contribution in [2.45, 2.75) is 31.0 Å². The molecule has 0 bridgehead atoms. The number of aliphatic hydroxyl groups is 2. The van der Waals surface area contributed by atoms with E-state index in [4.69, 9.17) is 21.3 Å². The smallest absolute Gasteiger partial charge is 0.224 e. The minimum absolute atomic E-state index is 0.0639. The topological polar surface area (TPSA) is 145 Å². The SMILES string of the molecule is C[C@@]1(F)[C@H](O)C(CO)O[C@H]1n1cnc2c(N)nc(N)nc21. The van der Waals surface area contributed by atoms with Crippen LogP contribution in [0.4, 0.5) is 16.2 Å². The monoisotopic (exact) mass is 298 g/mol. The van der Waals surface area contributed by atoms with Crippen molar-refractivity contribution in [2.75, 3.05) is 18.1 Å². The number of rotatable bonds is 2. The largest absolute Gasteiger partial charge is 0.394 e. The molecule has 1 unspecified atom stereocenters. The number of aliphatic hydroxyl groups excluding tert-OH is 2. The molecule has 21 heavy (non-hydrogen) atoms. The molecule has 3 heterocycles. The molecule has 1 aliphatic heterocycles. The zero-order valence-corrected chi connectivity index (χ0v) is 11.1. The Kier molecular flexibility index (Phi) is 2.97. The zero-order chi connectivity index (χ0) is 15.4. The van der Waals surface area contributed by atoms with Gasteiger partial charge in [-0.1, -0.05) is 0 Å². The van der Waals surface area contributed by atoms with Crippen molar-refractivity contribution in [2.24, 2.45) is 0 Å². The summed E-state index contributed by atoms with van der Waals surface area (Å²) >= 11 is 0. The average molecular weight is 298 g/mol. The van der Waals surface area contributed by atoms with Crippen LogP contribution in [0.15, 0.2) is 6.33 Å². The molecule has 6 N–H and O–H groups in total. The van der Waals surface area contributed by atoms with Crippen molar-refractivity contribution in [3.63, 3.8) is 0 Å². The van der Waals surface area contributed by atoms with Crippen LogP contribution in [0, 0.1) is 0 Å². The summed E-state index contributed by atoms with van der Waals surface area (Å²) in [7, 11) is 0. The van der Waals surface area contributed by atoms with Gasteiger partial charge in [0.1, 0.15) is 17.7 Å². The molecule has 0 radical (unpaired) electrons. The number of fused-ring (bicyclic) bond motifs is 1. The average Bonchev–Trinajstić information content (AvgIpc) is 2.91. The van der Waals surface area contributed by atoms with E-state index in [0.717, 1.165) is 0 Å². The molecule has 0 saturated carbocycles. The maximum atomic E-state index is 14.8. The molecule has 1 aliphatic rings. The maximum Gasteiger partial charge on any atom is 0.224 e. The third-order valence-electron chi connectivity index (χ3n) is 3.62. The number of anilines is 2. The Hall–Kier alpha value is -2.04. The maximum absolute atomic E-state index is 14.8. The summed E-state index contributed by atoms with van der Waals surface area (Å²) < 4.78 is 21.4. The molecule has 2 aromatic rings. The Morgan fingerprint density at radius 3 is 2.81 bits per heavy atom. The first-order valence-electron chi connectivity index (χ1n) is 6.25. The van der Waals surface area contributed by atoms with Gasteiger partial charge in [0.05, 0.1) is 12.9 Å². The van der Waals surface area contributed by atoms with Crippen LogP contribution in [0.3, 0.4) is 0 Å². The van der Waals surface area contributed by atoms with Crippen molar-refractivity contribution in [1.82, 2.24) is 19.5 Å². The minimum atomic E-state index is -2.14. The quantitative estimate of drug-likeness (QED) is 0.550. The number of hydrogen-bond acceptors (Lipinski definition) is 8. The molecular weight excluding hydrogens is 283 g/mol. The highest BCUT2D eigenvalue weighted by molar-refractivity contribution is 5.82. The predicted molar refractivity (Wildman–Crippen MR) is 70.7 cm³/mol. The fourth-order valence-corrected chi connectivity index (χ4v) is 2.49. The molecule has 10 heteroatoms. The van der Waals surface area contributed by atoms with Gasteiger partial charge in [-0.25, -0.2) is 9.37 Å². The lowest BCUT2D eigenvalue weighted by Gasteiger charge is -2.24. The first kappa shape index (κ1) is 13.9. The van der Waals surface area contributed by atoms with Crippen molar-refractivity contribution in [3.8, 4) is 0 Å². The van der Waals surface area contributed by atoms with Gasteiger partial charge in [0.15, 0.2) is 23.4 Å². The van der Waals surface area contributed by atoms with Gasteiger partial charge in [-0.2, -0.15) is 9.97 Å². The Labute approximate surface area is 118 Å². The van der Waals surface area contributed by atoms with Crippen LogP contribution in [0.2, 0.25) is 0 Å². The molecule has 1 fully saturated rings. The number of hydrogen-bond donors (Lipinski definition) is 4. The van der Waals surface area contributed by atoms with Crippen LogP contribution in [-0.4, -0.2) is 54.2 Å². The molecular formula is C11H15FN6O3. The highest BCUT2D eigenvalue weighted by Crippen LogP contribution is 2.42. The molecule has 0 amide bonds. The number of nitrogens with two attached hydrogens (primary N) is 2. The van der Waals surface area contributed by atoms with Gasteiger partial charge < -0.3 is 26.4 Å². The third kappa shape index (κ3) is 1.91. The molecule has 0 aliphatic carbocycles. The standard InChI is InChI=1S/C11H15FN6O3/c1-11(12)6(20)4(2-19)21-9(11)18-3-15-5-7(13)16-10(14)17-8(5)18/h3-4,6,9,19-20H,2H2,1H3,(H4,13,14,16,17)/t4?,6-,9-,11-/m1/s1. The highest BCUT2D eigenvalue weighted by Gasteiger charge is 2.55. The van der Waals surface area contributed by atoms with Gasteiger partial charge in [0, 0.05) is 0 Å². The van der Waals surface area contributed by atoms with E-state index < -0.39 is 30.7 Å². The van der Waals surface area contributed by atoms with Gasteiger partial charge in [0.25, 0.3) is 0 Å². The summed E-state index contributed by atoms with van der Waals surface area (Å²) in [5, 5.41) is 19.0. The van der Waals surface area contributed by atoms with Gasteiger partial charge >= 0.3 is 0 Å². The summed E-state index contributed by atoms with van der Waals surface area (Å²) in [5.41, 5.74) is 9.52. The molecule has 2 aromatic heterocycles. The fraction of sp³-hybridized carbons (Fsp3) is 0.545. The van der Waals surface area contributed by atoms with E-state index in [2.05, 4.69) is 15.0 Å². The van der Waals surface area contributed by atoms with Crippen LogP contribution in [0.1, 0.15) is 13.2 Å². The van der Waals surface area contributed by atoms with Gasteiger partial charge in [-0.3, -0.25) is 4.57 Å². The molecule has 9 nitrogen and oxygen atoms in total. The summed E-state index contributed by atoms with van der Waals surface area (Å²) in [6.45, 7) is 0.667. The fourth-order valence-electron chi connectivity index (χ4n) is 2.49. The first-order valence-corrected chi connectivity index (χ1v) is 6.25. The molecule has 3 rings (SSSR count). The van der Waals surface area contributed by atoms with E-state index in [9.17, 15) is 9.50 Å². The van der Waals surface area contributed by atoms with Crippen LogP contribution in [0.5, 0.6) is 0 Å². The number of nitrogens with zero attached hydrogens (tertiary/aromatic N) is 4. The number of alkyl halides is 1. The van der Waals surface area contributed by atoms with Crippen molar-refractivity contribution >= 4 is 22.9 Å². The number of aromatic nitrogens is 4. The van der Waals surface area contributed by atoms with Crippen molar-refractivity contribution in [1.29, 1.82) is 0 Å². The van der Waals surface area contributed by atoms with Crippen LogP contribution >= 0.6 is 0 Å². The van der Waals surface area contributed by atoms with E-state index in [0.29, 0.717) is 0 Å². The van der Waals surface area contributed by atoms with Crippen molar-refractivity contribution in [3.05, 3.63) is 6.33 Å². The lowest BCUT2D eigenvalue weighted by Crippen LogP contribution is -2.40. The first-order chi connectivity index (χ1) is 9.86. The van der Waals surface area contributed by atoms with Crippen LogP contribution in [0.25, 0.3) is 11.2 Å². The summed E-state index contributed by atoms with van der Waals surface area (Å²) in [4.78, 5) is 11.8. The number of imidazole rings is 1. The Morgan fingerprint density at radius 2 is 2.19 bits per heavy atom. The Balaban J connectivity index is 2.13. The second kappa shape index (κ2) is 4.48. The molecule has 0 spiro atoms. The summed E-state index contributed by atoms with van der Waals surface area (Å²) in [5.74, 6) is -0.0198. The highest BCUT2D eigenvalue weighted by atomic mass is 19.1. The van der Waals surface area contributed by atoms with Gasteiger partial charge in [-0.05, 0) is 6.92 Å². The Bertz CT molecular complexity index is 690. The molecule has 4 atom stereocenters. The zero-order valence-electron chi connectivity index (χ0n) is 11.1. The minimum Gasteiger partial charge on any atom is -0.394 e. The van der Waals surface area contributed by atoms with Crippen molar-refractivity contribution < 1.29 is 19.3 Å². The third-order valence-corrected chi connectivity index (χ3v) is 3.62. The lowest BCUT2D eigenvalue weighted by molar-refractivity contribution is -0.0566. The van der Waals surface area contributed by atoms with Crippen LogP contribution < -0.4 is 11.5 Å². The van der Waals surface area contributed by atoms with Gasteiger partial charge in [0.2, 0.25) is 5.95 Å². The summed E-state index contributed by atoms with van der Waals surface area (Å²) in [6, 6.07) is 0. The predicted octanol–water partition coefficient (Wildman–Crippen LogP) is -1.03. The second-order valence-corrected chi connectivity index (χ2v) is 5.10. The lowest BCUT2D eigenvalue weighted by atomic mass is 9.98. The normalized spacial score (nSPS) is 32.9. The van der Waals surface area contributed by atoms with E-state index in [1.807, 2.05) is 0 Å². The van der Waals surface area contributed by atoms with E-state index in [1.54, 1.807) is 0 Å². The summed E-state index contributed by atoms with van der Waals surface area (Å²) in [6.07, 6.45) is -2.46. The molecule has 114 valence electrons. The van der Waals surface area contributed by atoms with E-state index >= 15 is 0 Å². The van der Waals surface area contributed by atoms with E-state index in [-0.39, 0.29) is 22.9 Å². The number of halogens is 1. The number of nitrogen functional groups attached to an aromatic ring is 2. The van der Waals surface area contributed by atoms with Gasteiger partial charge in [-0.15, -0.1) is 0 Å². The Morgan fingerprint density at radius 1 is 1.48 bits per heavy atom. The molecule has 1 saturated heterocycles. The number of ether oxygens (including phenoxy) is 1.